The molecule has 4 nitrogen and oxygen atoms in total. The molecule has 0 aliphatic heterocycles. The number of para-hydroxylation sites is 1. The monoisotopic (exact) mass is 375 g/mol. The minimum atomic E-state index is -4.69. The molecule has 0 fully saturated rings. The van der Waals surface area contributed by atoms with E-state index in [2.05, 4.69) is 9.97 Å². The fraction of sp³-hybridized carbons (Fsp3) is 0.214. The maximum atomic E-state index is 13.6. The minimum Gasteiger partial charge on any atom is -0.291 e. The number of alkyl halides is 3. The second kappa shape index (κ2) is 6.17. The van der Waals surface area contributed by atoms with Gasteiger partial charge in [0.05, 0.1) is 10.5 Å². The predicted molar refractivity (Wildman–Crippen MR) is 83.6 cm³/mol. The molecule has 2 aromatic heterocycles. The van der Waals surface area contributed by atoms with Crippen LogP contribution < -0.4 is 5.56 Å². The van der Waals surface area contributed by atoms with Crippen LogP contribution in [0.25, 0.3) is 10.2 Å². The first kappa shape index (κ1) is 16.9. The van der Waals surface area contributed by atoms with Crippen molar-refractivity contribution < 1.29 is 17.6 Å². The van der Waals surface area contributed by atoms with Gasteiger partial charge in [0, 0.05) is 13.1 Å². The van der Waals surface area contributed by atoms with Crippen LogP contribution >= 0.6 is 23.1 Å². The molecular formula is C14H9F4N3OS2. The molecule has 0 amide bonds. The van der Waals surface area contributed by atoms with Gasteiger partial charge in [-0.2, -0.15) is 13.2 Å². The number of hydrogen-bond donors (Lipinski definition) is 0. The molecule has 0 saturated heterocycles. The Labute approximate surface area is 141 Å². The summed E-state index contributed by atoms with van der Waals surface area (Å²) in [7, 11) is 1.34. The van der Waals surface area contributed by atoms with Gasteiger partial charge in [0.1, 0.15) is 16.3 Å². The van der Waals surface area contributed by atoms with E-state index in [1.54, 1.807) is 12.1 Å². The lowest BCUT2D eigenvalue weighted by Gasteiger charge is -2.10. The Kier molecular flexibility index (Phi) is 4.35. The highest BCUT2D eigenvalue weighted by molar-refractivity contribution is 7.98. The second-order valence-electron chi connectivity index (χ2n) is 4.80. The fourth-order valence-corrected chi connectivity index (χ4v) is 3.89. The highest BCUT2D eigenvalue weighted by Gasteiger charge is 2.34. The van der Waals surface area contributed by atoms with Crippen molar-refractivity contribution in [3.63, 3.8) is 0 Å². The lowest BCUT2D eigenvalue weighted by molar-refractivity contribution is -0.141. The molecule has 0 bridgehead atoms. The average Bonchev–Trinajstić information content (AvgIpc) is 2.92. The number of halogens is 4. The van der Waals surface area contributed by atoms with E-state index in [1.165, 1.54) is 24.5 Å². The summed E-state index contributed by atoms with van der Waals surface area (Å²) in [6.07, 6.45) is -4.69. The maximum Gasteiger partial charge on any atom is 0.433 e. The Balaban J connectivity index is 1.89. The smallest absolute Gasteiger partial charge is 0.291 e. The largest absolute Gasteiger partial charge is 0.433 e. The van der Waals surface area contributed by atoms with Crippen LogP contribution in [0.2, 0.25) is 0 Å². The van der Waals surface area contributed by atoms with E-state index in [0.717, 1.165) is 16.3 Å². The lowest BCUT2D eigenvalue weighted by atomic mass is 10.3. The molecule has 3 rings (SSSR count). The zero-order valence-corrected chi connectivity index (χ0v) is 13.7. The van der Waals surface area contributed by atoms with Crippen LogP contribution in [0.5, 0.6) is 0 Å². The van der Waals surface area contributed by atoms with Gasteiger partial charge < -0.3 is 0 Å². The zero-order valence-electron chi connectivity index (χ0n) is 12.1. The van der Waals surface area contributed by atoms with Gasteiger partial charge in [-0.25, -0.2) is 14.4 Å². The molecular weight excluding hydrogens is 366 g/mol. The summed E-state index contributed by atoms with van der Waals surface area (Å²) in [5.41, 5.74) is -1.80. The van der Waals surface area contributed by atoms with Gasteiger partial charge in [-0.1, -0.05) is 17.8 Å². The number of nitrogens with zero attached hydrogens (tertiary/aromatic N) is 3. The Morgan fingerprint density at radius 3 is 2.71 bits per heavy atom. The number of rotatable bonds is 3. The van der Waals surface area contributed by atoms with Crippen molar-refractivity contribution in [3.05, 3.63) is 51.1 Å². The fourth-order valence-electron chi connectivity index (χ4n) is 1.94. The number of aromatic nitrogens is 3. The zero-order chi connectivity index (χ0) is 17.5. The third-order valence-corrected chi connectivity index (χ3v) is 5.37. The van der Waals surface area contributed by atoms with Crippen molar-refractivity contribution in [3.8, 4) is 0 Å². The third-order valence-electron chi connectivity index (χ3n) is 3.12. The van der Waals surface area contributed by atoms with Crippen LogP contribution in [0.1, 0.15) is 10.7 Å². The standard InChI is InChI=1S/C14H9F4N3OS2/c1-21-11(22)5-9(14(16,17)18)19-13(21)23-6-10-20-12-7(15)3-2-4-8(12)24-10/h2-5H,6H2,1H3. The molecule has 2 heterocycles. The van der Waals surface area contributed by atoms with Crippen molar-refractivity contribution in [1.82, 2.24) is 14.5 Å². The first-order valence-corrected chi connectivity index (χ1v) is 8.38. The van der Waals surface area contributed by atoms with Gasteiger partial charge in [-0.15, -0.1) is 11.3 Å². The highest BCUT2D eigenvalue weighted by Crippen LogP contribution is 2.31. The molecule has 0 aliphatic rings. The molecule has 0 N–H and O–H groups in total. The van der Waals surface area contributed by atoms with Crippen molar-refractivity contribution in [2.45, 2.75) is 17.1 Å². The van der Waals surface area contributed by atoms with E-state index in [-0.39, 0.29) is 16.4 Å². The van der Waals surface area contributed by atoms with Gasteiger partial charge in [0.25, 0.3) is 5.56 Å². The lowest BCUT2D eigenvalue weighted by Crippen LogP contribution is -2.23. The van der Waals surface area contributed by atoms with Crippen molar-refractivity contribution in [2.75, 3.05) is 0 Å². The van der Waals surface area contributed by atoms with Gasteiger partial charge in [-0.05, 0) is 12.1 Å². The van der Waals surface area contributed by atoms with Crippen LogP contribution in [-0.2, 0) is 19.0 Å². The topological polar surface area (TPSA) is 47.8 Å². The van der Waals surface area contributed by atoms with E-state index >= 15 is 0 Å². The molecule has 24 heavy (non-hydrogen) atoms. The molecule has 3 aromatic rings. The molecule has 0 radical (unpaired) electrons. The highest BCUT2D eigenvalue weighted by atomic mass is 32.2. The molecule has 0 atom stereocenters. The maximum absolute atomic E-state index is 13.6. The van der Waals surface area contributed by atoms with Gasteiger partial charge in [-0.3, -0.25) is 9.36 Å². The summed E-state index contributed by atoms with van der Waals surface area (Å²) in [5, 5.41) is 0.460. The first-order chi connectivity index (χ1) is 11.3. The van der Waals surface area contributed by atoms with Gasteiger partial charge >= 0.3 is 6.18 Å². The summed E-state index contributed by atoms with van der Waals surface area (Å²) < 4.78 is 53.6. The molecule has 0 unspecified atom stereocenters. The number of fused-ring (bicyclic) bond motifs is 1. The van der Waals surface area contributed by atoms with E-state index in [9.17, 15) is 22.4 Å². The van der Waals surface area contributed by atoms with Crippen LogP contribution in [0.4, 0.5) is 17.6 Å². The molecule has 1 aromatic carbocycles. The third kappa shape index (κ3) is 3.29. The quantitative estimate of drug-likeness (QED) is 0.396. The summed E-state index contributed by atoms with van der Waals surface area (Å²) in [4.78, 5) is 19.3. The van der Waals surface area contributed by atoms with E-state index in [1.807, 2.05) is 0 Å². The molecule has 0 saturated carbocycles. The Hall–Kier alpha value is -1.94. The van der Waals surface area contributed by atoms with Crippen LogP contribution in [0.15, 0.2) is 34.2 Å². The molecule has 0 spiro atoms. The second-order valence-corrected chi connectivity index (χ2v) is 6.86. The summed E-state index contributed by atoms with van der Waals surface area (Å²) in [5.74, 6) is -0.273. The Bertz CT molecular complexity index is 965. The van der Waals surface area contributed by atoms with E-state index in [0.29, 0.717) is 15.8 Å². The Morgan fingerprint density at radius 1 is 1.29 bits per heavy atom. The van der Waals surface area contributed by atoms with Crippen molar-refractivity contribution in [1.29, 1.82) is 0 Å². The Morgan fingerprint density at radius 2 is 2.04 bits per heavy atom. The average molecular weight is 375 g/mol. The van der Waals surface area contributed by atoms with Crippen LogP contribution in [0.3, 0.4) is 0 Å². The van der Waals surface area contributed by atoms with Crippen LogP contribution in [-0.4, -0.2) is 14.5 Å². The van der Waals surface area contributed by atoms with Crippen LogP contribution in [0, 0.1) is 5.82 Å². The molecule has 10 heteroatoms. The normalized spacial score (nSPS) is 12.0. The number of benzene rings is 1. The molecule has 126 valence electrons. The first-order valence-electron chi connectivity index (χ1n) is 6.57. The van der Waals surface area contributed by atoms with Crippen molar-refractivity contribution >= 4 is 33.3 Å². The summed E-state index contributed by atoms with van der Waals surface area (Å²) in [6.45, 7) is 0. The summed E-state index contributed by atoms with van der Waals surface area (Å²) in [6, 6.07) is 5.02. The van der Waals surface area contributed by atoms with E-state index in [4.69, 9.17) is 0 Å². The van der Waals surface area contributed by atoms with Gasteiger partial charge in [0.2, 0.25) is 0 Å². The number of thiazole rings is 1. The number of hydrogen-bond acceptors (Lipinski definition) is 5. The van der Waals surface area contributed by atoms with E-state index < -0.39 is 23.2 Å². The summed E-state index contributed by atoms with van der Waals surface area (Å²) >= 11 is 2.18. The predicted octanol–water partition coefficient (Wildman–Crippen LogP) is 3.84. The SMILES string of the molecule is Cn1c(SCc2nc3c(F)cccc3s2)nc(C(F)(F)F)cc1=O. The number of thioether (sulfide) groups is 1. The van der Waals surface area contributed by atoms with Crippen molar-refractivity contribution in [2.24, 2.45) is 7.05 Å². The van der Waals surface area contributed by atoms with Gasteiger partial charge in [0.15, 0.2) is 10.9 Å². The minimum absolute atomic E-state index is 0.0745. The molecule has 0 aliphatic carbocycles.